The van der Waals surface area contributed by atoms with E-state index >= 15 is 0 Å². The van der Waals surface area contributed by atoms with Crippen LogP contribution in [0.2, 0.25) is 0 Å². The Morgan fingerprint density at radius 2 is 2.12 bits per heavy atom. The Morgan fingerprint density at radius 1 is 1.50 bits per heavy atom. The Kier molecular flexibility index (Phi) is 4.23. The molecule has 0 aromatic heterocycles. The van der Waals surface area contributed by atoms with Crippen molar-refractivity contribution in [1.29, 1.82) is 0 Å². The zero-order valence-corrected chi connectivity index (χ0v) is 5.62. The van der Waals surface area contributed by atoms with Crippen LogP contribution < -0.4 is 5.90 Å². The van der Waals surface area contributed by atoms with Crippen LogP contribution in [0.15, 0.2) is 0 Å². The van der Waals surface area contributed by atoms with Crippen molar-refractivity contribution in [2.24, 2.45) is 11.8 Å². The molecule has 8 heavy (non-hydrogen) atoms. The van der Waals surface area contributed by atoms with Crippen molar-refractivity contribution < 1.29 is 4.84 Å². The molecule has 1 aliphatic rings. The maximum Gasteiger partial charge on any atom is 0.0707 e. The highest BCUT2D eigenvalue weighted by Crippen LogP contribution is 2.25. The summed E-state index contributed by atoms with van der Waals surface area (Å²) in [7, 11) is 0. The van der Waals surface area contributed by atoms with Crippen molar-refractivity contribution in [3.05, 3.63) is 0 Å². The van der Waals surface area contributed by atoms with E-state index in [-0.39, 0.29) is 12.4 Å². The van der Waals surface area contributed by atoms with Gasteiger partial charge in [-0.1, -0.05) is 6.42 Å². The monoisotopic (exact) mass is 137 g/mol. The minimum Gasteiger partial charge on any atom is -0.304 e. The lowest BCUT2D eigenvalue weighted by Gasteiger charge is -2.23. The minimum absolute atomic E-state index is 0. The maximum absolute atomic E-state index is 4.84. The fourth-order valence-electron chi connectivity index (χ4n) is 0.796. The van der Waals surface area contributed by atoms with Gasteiger partial charge in [0.15, 0.2) is 0 Å². The predicted molar refractivity (Wildman–Crippen MR) is 34.7 cm³/mol. The van der Waals surface area contributed by atoms with Gasteiger partial charge < -0.3 is 4.84 Å². The number of halogens is 1. The van der Waals surface area contributed by atoms with Crippen molar-refractivity contribution >= 4 is 12.4 Å². The van der Waals surface area contributed by atoms with Crippen LogP contribution in [0.4, 0.5) is 0 Å². The van der Waals surface area contributed by atoms with E-state index in [9.17, 15) is 0 Å². The van der Waals surface area contributed by atoms with Gasteiger partial charge in [0.25, 0.3) is 0 Å². The average Bonchev–Trinajstić information content (AvgIpc) is 1.55. The van der Waals surface area contributed by atoms with Gasteiger partial charge in [0.2, 0.25) is 0 Å². The maximum atomic E-state index is 4.84. The summed E-state index contributed by atoms with van der Waals surface area (Å²) in [5, 5.41) is 0. The van der Waals surface area contributed by atoms with Crippen molar-refractivity contribution in [2.75, 3.05) is 6.61 Å². The molecular weight excluding hydrogens is 126 g/mol. The summed E-state index contributed by atoms with van der Waals surface area (Å²) in [5.41, 5.74) is 0. The number of nitrogens with two attached hydrogens (primary N) is 1. The van der Waals surface area contributed by atoms with Gasteiger partial charge in [0.1, 0.15) is 0 Å². The fourth-order valence-corrected chi connectivity index (χ4v) is 0.796. The van der Waals surface area contributed by atoms with Crippen LogP contribution in [0.3, 0.4) is 0 Å². The number of hydrogen-bond donors (Lipinski definition) is 1. The molecule has 2 nitrogen and oxygen atoms in total. The van der Waals surface area contributed by atoms with Gasteiger partial charge in [-0.3, -0.25) is 0 Å². The Hall–Kier alpha value is 0.210. The smallest absolute Gasteiger partial charge is 0.0707 e. The van der Waals surface area contributed by atoms with Gasteiger partial charge in [0.05, 0.1) is 6.61 Å². The Morgan fingerprint density at radius 3 is 2.25 bits per heavy atom. The van der Waals surface area contributed by atoms with Crippen LogP contribution in [0, 0.1) is 5.92 Å². The summed E-state index contributed by atoms with van der Waals surface area (Å²) in [5.74, 6) is 5.62. The molecule has 0 heterocycles. The van der Waals surface area contributed by atoms with E-state index in [0.29, 0.717) is 0 Å². The predicted octanol–water partition coefficient (Wildman–Crippen LogP) is 1.10. The summed E-state index contributed by atoms with van der Waals surface area (Å²) in [6.07, 6.45) is 4.00. The van der Waals surface area contributed by atoms with Crippen molar-refractivity contribution in [2.45, 2.75) is 19.3 Å². The molecule has 0 aromatic rings. The largest absolute Gasteiger partial charge is 0.304 e. The highest BCUT2D eigenvalue weighted by atomic mass is 35.5. The number of rotatable bonds is 2. The van der Waals surface area contributed by atoms with E-state index < -0.39 is 0 Å². The molecule has 1 fully saturated rings. The van der Waals surface area contributed by atoms with E-state index in [4.69, 9.17) is 5.90 Å². The molecule has 0 aromatic carbocycles. The molecule has 3 heteroatoms. The minimum atomic E-state index is 0. The van der Waals surface area contributed by atoms with Gasteiger partial charge in [-0.2, -0.15) is 0 Å². The molecule has 0 radical (unpaired) electrons. The third-order valence-corrected chi connectivity index (χ3v) is 1.56. The van der Waals surface area contributed by atoms with E-state index in [2.05, 4.69) is 4.84 Å². The summed E-state index contributed by atoms with van der Waals surface area (Å²) in [6.45, 7) is 0.764. The van der Waals surface area contributed by atoms with E-state index in [1.807, 2.05) is 0 Å². The second-order valence-corrected chi connectivity index (χ2v) is 2.13. The quantitative estimate of drug-likeness (QED) is 0.579. The van der Waals surface area contributed by atoms with Crippen molar-refractivity contribution in [1.82, 2.24) is 0 Å². The van der Waals surface area contributed by atoms with E-state index in [1.54, 1.807) is 0 Å². The molecule has 0 spiro atoms. The van der Waals surface area contributed by atoms with Crippen LogP contribution in [-0.2, 0) is 4.84 Å². The fraction of sp³-hybridized carbons (Fsp3) is 1.00. The number of hydrogen-bond acceptors (Lipinski definition) is 2. The molecular formula is C5H12ClNO. The molecule has 0 atom stereocenters. The zero-order valence-electron chi connectivity index (χ0n) is 4.80. The lowest BCUT2D eigenvalue weighted by atomic mass is 9.86. The lowest BCUT2D eigenvalue weighted by molar-refractivity contribution is 0.0710. The van der Waals surface area contributed by atoms with Crippen molar-refractivity contribution in [3.8, 4) is 0 Å². The molecule has 1 saturated carbocycles. The summed E-state index contributed by atoms with van der Waals surface area (Å²) >= 11 is 0. The van der Waals surface area contributed by atoms with Gasteiger partial charge in [-0.05, 0) is 18.8 Å². The molecule has 0 bridgehead atoms. The normalized spacial score (nSPS) is 19.1. The Labute approximate surface area is 55.8 Å². The van der Waals surface area contributed by atoms with Crippen LogP contribution in [0.5, 0.6) is 0 Å². The first-order valence-electron chi connectivity index (χ1n) is 2.75. The first kappa shape index (κ1) is 8.21. The molecule has 0 unspecified atom stereocenters. The topological polar surface area (TPSA) is 35.2 Å². The third kappa shape index (κ3) is 1.99. The van der Waals surface area contributed by atoms with Crippen LogP contribution >= 0.6 is 12.4 Å². The first-order chi connectivity index (χ1) is 3.43. The van der Waals surface area contributed by atoms with Gasteiger partial charge in [-0.25, -0.2) is 5.90 Å². The van der Waals surface area contributed by atoms with Crippen LogP contribution in [0.25, 0.3) is 0 Å². The second kappa shape index (κ2) is 4.13. The standard InChI is InChI=1S/C5H11NO.ClH/c6-7-4-5-2-1-3-5;/h5H,1-4,6H2;1H. The van der Waals surface area contributed by atoms with E-state index in [0.717, 1.165) is 12.5 Å². The molecule has 0 saturated heterocycles. The second-order valence-electron chi connectivity index (χ2n) is 2.13. The third-order valence-electron chi connectivity index (χ3n) is 1.56. The summed E-state index contributed by atoms with van der Waals surface area (Å²) < 4.78 is 0. The molecule has 0 aliphatic heterocycles. The highest BCUT2D eigenvalue weighted by molar-refractivity contribution is 5.85. The average molecular weight is 138 g/mol. The van der Waals surface area contributed by atoms with Crippen molar-refractivity contribution in [3.63, 3.8) is 0 Å². The molecule has 1 aliphatic carbocycles. The zero-order chi connectivity index (χ0) is 5.11. The molecule has 1 rings (SSSR count). The van der Waals surface area contributed by atoms with E-state index in [1.165, 1.54) is 19.3 Å². The van der Waals surface area contributed by atoms with Gasteiger partial charge in [-0.15, -0.1) is 12.4 Å². The highest BCUT2D eigenvalue weighted by Gasteiger charge is 2.16. The summed E-state index contributed by atoms with van der Waals surface area (Å²) in [4.78, 5) is 4.45. The van der Waals surface area contributed by atoms with Crippen LogP contribution in [-0.4, -0.2) is 6.61 Å². The first-order valence-corrected chi connectivity index (χ1v) is 2.75. The Balaban J connectivity index is 0.000000490. The SMILES string of the molecule is Cl.NOCC1CCC1. The Bertz CT molecular complexity index is 56.4. The molecule has 0 amide bonds. The van der Waals surface area contributed by atoms with Gasteiger partial charge in [0, 0.05) is 0 Å². The summed E-state index contributed by atoms with van der Waals surface area (Å²) in [6, 6.07) is 0. The van der Waals surface area contributed by atoms with Crippen LogP contribution in [0.1, 0.15) is 19.3 Å². The molecule has 50 valence electrons. The lowest BCUT2D eigenvalue weighted by Crippen LogP contribution is -2.19. The van der Waals surface area contributed by atoms with Gasteiger partial charge >= 0.3 is 0 Å². The molecule has 2 N–H and O–H groups in total.